The first-order valence-electron chi connectivity index (χ1n) is 4.46. The fourth-order valence-electron chi connectivity index (χ4n) is 1.59. The molecular formula is C11H6N2O3. The van der Waals surface area contributed by atoms with Crippen molar-refractivity contribution in [3.05, 3.63) is 40.9 Å². The van der Waals surface area contributed by atoms with Gasteiger partial charge in [-0.1, -0.05) is 24.3 Å². The molecule has 2 aromatic rings. The molecule has 0 aromatic heterocycles. The molecule has 2 aromatic carbocycles. The molecular weight excluding hydrogens is 208 g/mol. The van der Waals surface area contributed by atoms with Gasteiger partial charge in [-0.2, -0.15) is 0 Å². The summed E-state index contributed by atoms with van der Waals surface area (Å²) in [5.41, 5.74) is -0.320. The molecule has 0 spiro atoms. The van der Waals surface area contributed by atoms with E-state index in [1.165, 1.54) is 6.07 Å². The van der Waals surface area contributed by atoms with E-state index in [1.807, 2.05) is 0 Å². The van der Waals surface area contributed by atoms with Gasteiger partial charge >= 0.3 is 11.7 Å². The first kappa shape index (κ1) is 9.93. The van der Waals surface area contributed by atoms with Crippen LogP contribution in [0.2, 0.25) is 0 Å². The molecule has 0 radical (unpaired) electrons. The van der Waals surface area contributed by atoms with Crippen LogP contribution in [0.15, 0.2) is 30.3 Å². The number of fused-ring (bicyclic) bond motifs is 1. The number of carbonyl (C=O) groups is 1. The molecule has 0 unspecified atom stereocenters. The molecule has 0 bridgehead atoms. The van der Waals surface area contributed by atoms with E-state index in [0.29, 0.717) is 5.39 Å². The maximum atomic E-state index is 11.7. The minimum absolute atomic E-state index is 0.0528. The third kappa shape index (κ3) is 1.33. The number of rotatable bonds is 1. The van der Waals surface area contributed by atoms with Crippen LogP contribution in [-0.2, 0) is 0 Å². The van der Waals surface area contributed by atoms with Crippen LogP contribution < -0.4 is 5.11 Å². The monoisotopic (exact) mass is 214 g/mol. The third-order valence-corrected chi connectivity index (χ3v) is 2.31. The van der Waals surface area contributed by atoms with Gasteiger partial charge in [-0.3, -0.25) is 0 Å². The summed E-state index contributed by atoms with van der Waals surface area (Å²) in [6, 6.07) is 7.37. The molecule has 0 fully saturated rings. The predicted molar refractivity (Wildman–Crippen MR) is 55.1 cm³/mol. The Morgan fingerprint density at radius 2 is 1.94 bits per heavy atom. The number of benzene rings is 2. The van der Waals surface area contributed by atoms with Crippen molar-refractivity contribution in [3.8, 4) is 5.75 Å². The fraction of sp³-hybridized carbons (Fsp3) is 0. The van der Waals surface area contributed by atoms with Crippen LogP contribution in [0.1, 0.15) is 10.4 Å². The summed E-state index contributed by atoms with van der Waals surface area (Å²) >= 11 is 0. The summed E-state index contributed by atoms with van der Waals surface area (Å²) in [5.74, 6) is -1.65. The molecule has 0 amide bonds. The Bertz CT molecular complexity index is 629. The Labute approximate surface area is 90.2 Å². The van der Waals surface area contributed by atoms with E-state index < -0.39 is 11.7 Å². The number of hydrogen-bond acceptors (Lipinski definition) is 3. The van der Waals surface area contributed by atoms with Crippen molar-refractivity contribution < 1.29 is 15.0 Å². The third-order valence-electron chi connectivity index (χ3n) is 2.31. The molecule has 0 saturated heterocycles. The number of diazo groups is 1. The second kappa shape index (κ2) is 3.51. The summed E-state index contributed by atoms with van der Waals surface area (Å²) in [5, 5.41) is 29.8. The Morgan fingerprint density at radius 1 is 1.31 bits per heavy atom. The second-order valence-corrected chi connectivity index (χ2v) is 3.22. The van der Waals surface area contributed by atoms with Gasteiger partial charge in [-0.05, 0) is 16.5 Å². The number of aromatic carboxylic acids is 1. The van der Waals surface area contributed by atoms with Gasteiger partial charge in [0.1, 0.15) is 0 Å². The Kier molecular flexibility index (Phi) is 2.18. The zero-order chi connectivity index (χ0) is 11.7. The number of carboxylic acid groups (broad SMARTS) is 1. The number of hydrogen-bond donors (Lipinski definition) is 1. The molecule has 5 heteroatoms. The number of nitrogens with zero attached hydrogens (tertiary/aromatic N) is 2. The average Bonchev–Trinajstić information content (AvgIpc) is 2.29. The zero-order valence-electron chi connectivity index (χ0n) is 8.04. The number of carboxylic acids is 1. The van der Waals surface area contributed by atoms with E-state index >= 15 is 0 Å². The van der Waals surface area contributed by atoms with Crippen LogP contribution in [0.3, 0.4) is 0 Å². The molecule has 1 N–H and O–H groups in total. The van der Waals surface area contributed by atoms with E-state index in [9.17, 15) is 9.90 Å². The van der Waals surface area contributed by atoms with E-state index in [-0.39, 0.29) is 16.6 Å². The van der Waals surface area contributed by atoms with Crippen LogP contribution in [0.5, 0.6) is 5.75 Å². The summed E-state index contributed by atoms with van der Waals surface area (Å²) < 4.78 is 0. The van der Waals surface area contributed by atoms with Gasteiger partial charge in [0.25, 0.3) is 0 Å². The van der Waals surface area contributed by atoms with Crippen molar-refractivity contribution in [1.82, 2.24) is 0 Å². The second-order valence-electron chi connectivity index (χ2n) is 3.22. The smallest absolute Gasteiger partial charge is 0.378 e. The average molecular weight is 214 g/mol. The predicted octanol–water partition coefficient (Wildman–Crippen LogP) is 2.10. The van der Waals surface area contributed by atoms with Gasteiger partial charge in [0.05, 0.1) is 5.56 Å². The fourth-order valence-corrected chi connectivity index (χ4v) is 1.59. The van der Waals surface area contributed by atoms with Crippen molar-refractivity contribution >= 4 is 22.4 Å². The normalized spacial score (nSPS) is 9.94. The molecule has 2 rings (SSSR count). The topological polar surface area (TPSA) is 88.5 Å². The van der Waals surface area contributed by atoms with E-state index in [2.05, 4.69) is 4.98 Å². The largest absolute Gasteiger partial charge is 0.867 e. The maximum Gasteiger partial charge on any atom is 0.378 e. The molecule has 0 aliphatic carbocycles. The summed E-state index contributed by atoms with van der Waals surface area (Å²) in [4.78, 5) is 13.8. The highest BCUT2D eigenvalue weighted by atomic mass is 16.4. The first-order valence-corrected chi connectivity index (χ1v) is 4.46. The highest BCUT2D eigenvalue weighted by molar-refractivity contribution is 6.08. The lowest BCUT2D eigenvalue weighted by atomic mass is 10.0. The van der Waals surface area contributed by atoms with E-state index in [0.717, 1.165) is 6.07 Å². The van der Waals surface area contributed by atoms with Crippen molar-refractivity contribution in [2.75, 3.05) is 0 Å². The highest BCUT2D eigenvalue weighted by Crippen LogP contribution is 2.34. The van der Waals surface area contributed by atoms with Gasteiger partial charge in [0, 0.05) is 6.07 Å². The van der Waals surface area contributed by atoms with Crippen molar-refractivity contribution in [3.63, 3.8) is 0 Å². The van der Waals surface area contributed by atoms with Gasteiger partial charge in [0.2, 0.25) is 5.39 Å². The SMILES string of the molecule is N#[N+]c1cc(C(=O)O)c2ccccc2c1[O-]. The summed E-state index contributed by atoms with van der Waals surface area (Å²) in [7, 11) is 0. The van der Waals surface area contributed by atoms with E-state index in [1.54, 1.807) is 18.2 Å². The lowest BCUT2D eigenvalue weighted by Gasteiger charge is -2.08. The molecule has 78 valence electrons. The first-order chi connectivity index (χ1) is 7.65. The molecule has 16 heavy (non-hydrogen) atoms. The van der Waals surface area contributed by atoms with Crippen LogP contribution in [0.4, 0.5) is 5.69 Å². The summed E-state index contributed by atoms with van der Waals surface area (Å²) in [6.07, 6.45) is 0. The lowest BCUT2D eigenvalue weighted by Crippen LogP contribution is -2.00. The highest BCUT2D eigenvalue weighted by Gasteiger charge is 2.17. The Balaban J connectivity index is 2.97. The molecule has 0 atom stereocenters. The molecule has 0 saturated carbocycles. The minimum atomic E-state index is -1.17. The Hall–Kier alpha value is -2.61. The lowest BCUT2D eigenvalue weighted by molar-refractivity contribution is -0.264. The molecule has 0 aliphatic heterocycles. The van der Waals surface area contributed by atoms with Crippen molar-refractivity contribution in [2.24, 2.45) is 0 Å². The van der Waals surface area contributed by atoms with Crippen LogP contribution >= 0.6 is 0 Å². The van der Waals surface area contributed by atoms with Crippen molar-refractivity contribution in [1.29, 1.82) is 5.39 Å². The molecule has 0 heterocycles. The van der Waals surface area contributed by atoms with Gasteiger partial charge in [-0.15, -0.1) is 0 Å². The molecule has 0 aliphatic rings. The minimum Gasteiger partial charge on any atom is -0.867 e. The zero-order valence-corrected chi connectivity index (χ0v) is 8.04. The van der Waals surface area contributed by atoms with Crippen LogP contribution in [-0.4, -0.2) is 11.1 Å². The standard InChI is InChI=1S/C11H6N2O3/c12-13-9-5-8(11(15)16)6-3-1-2-4-7(6)10(9)14/h1-5H,(H-,14,15,16). The van der Waals surface area contributed by atoms with E-state index in [4.69, 9.17) is 10.5 Å². The summed E-state index contributed by atoms with van der Waals surface area (Å²) in [6.45, 7) is 0. The quantitative estimate of drug-likeness (QED) is 0.736. The Morgan fingerprint density at radius 3 is 2.50 bits per heavy atom. The van der Waals surface area contributed by atoms with Gasteiger partial charge in [-0.25, -0.2) is 4.79 Å². The van der Waals surface area contributed by atoms with Crippen LogP contribution in [0.25, 0.3) is 15.7 Å². The maximum absolute atomic E-state index is 11.7. The molecule has 5 nitrogen and oxygen atoms in total. The van der Waals surface area contributed by atoms with Gasteiger partial charge < -0.3 is 10.2 Å². The van der Waals surface area contributed by atoms with Crippen molar-refractivity contribution in [2.45, 2.75) is 0 Å². The van der Waals surface area contributed by atoms with Crippen LogP contribution in [0, 0.1) is 5.39 Å². The van der Waals surface area contributed by atoms with Gasteiger partial charge in [0.15, 0.2) is 4.98 Å².